The maximum absolute atomic E-state index is 12.6. The molecule has 1 atom stereocenters. The number of hydrogen-bond acceptors (Lipinski definition) is 7. The van der Waals surface area contributed by atoms with Crippen LogP contribution in [0.1, 0.15) is 49.9 Å². The third kappa shape index (κ3) is 3.29. The van der Waals surface area contributed by atoms with E-state index in [9.17, 15) is 8.42 Å². The van der Waals surface area contributed by atoms with E-state index >= 15 is 0 Å². The Hall–Kier alpha value is -2.46. The normalized spacial score (nSPS) is 13.5. The van der Waals surface area contributed by atoms with Gasteiger partial charge in [-0.05, 0) is 46.8 Å². The molecule has 0 aliphatic rings. The van der Waals surface area contributed by atoms with E-state index in [1.54, 1.807) is 30.8 Å². The van der Waals surface area contributed by atoms with E-state index in [0.29, 0.717) is 17.3 Å². The van der Waals surface area contributed by atoms with Gasteiger partial charge in [-0.2, -0.15) is 4.72 Å². The minimum atomic E-state index is -3.88. The lowest BCUT2D eigenvalue weighted by molar-refractivity contribution is 0.396. The first-order valence-electron chi connectivity index (χ1n) is 8.15. The summed E-state index contributed by atoms with van der Waals surface area (Å²) in [6.45, 7) is 9.27. The molecule has 1 N–H and O–H groups in total. The standard InChI is InChI=1S/C16H21N5O4S/c1-9(2)21-8-17-18-16(21)12(5)20-26(22,23)14-7-6-13(24-14)15-10(3)11(4)19-25-15/h6-9,12,20H,1-5H3/t12-/m1/s1. The largest absolute Gasteiger partial charge is 0.440 e. The lowest BCUT2D eigenvalue weighted by atomic mass is 10.2. The molecular weight excluding hydrogens is 358 g/mol. The third-order valence-electron chi connectivity index (χ3n) is 4.10. The minimum absolute atomic E-state index is 0.111. The molecule has 0 aliphatic heterocycles. The van der Waals surface area contributed by atoms with Crippen molar-refractivity contribution in [3.63, 3.8) is 0 Å². The number of sulfonamides is 1. The summed E-state index contributed by atoms with van der Waals surface area (Å²) in [7, 11) is -3.88. The van der Waals surface area contributed by atoms with E-state index in [2.05, 4.69) is 20.1 Å². The van der Waals surface area contributed by atoms with Crippen LogP contribution in [0.4, 0.5) is 0 Å². The predicted molar refractivity (Wildman–Crippen MR) is 92.8 cm³/mol. The van der Waals surface area contributed by atoms with Crippen molar-refractivity contribution in [3.8, 4) is 11.5 Å². The molecule has 3 aromatic heterocycles. The zero-order chi connectivity index (χ0) is 19.1. The van der Waals surface area contributed by atoms with E-state index in [1.165, 1.54) is 6.07 Å². The minimum Gasteiger partial charge on any atom is -0.440 e. The van der Waals surface area contributed by atoms with Crippen LogP contribution in [0, 0.1) is 13.8 Å². The fraction of sp³-hybridized carbons (Fsp3) is 0.438. The van der Waals surface area contributed by atoms with Crippen molar-refractivity contribution < 1.29 is 17.4 Å². The molecule has 9 nitrogen and oxygen atoms in total. The van der Waals surface area contributed by atoms with Gasteiger partial charge in [-0.15, -0.1) is 10.2 Å². The summed E-state index contributed by atoms with van der Waals surface area (Å²) in [6, 6.07) is 2.46. The number of nitrogens with zero attached hydrogens (tertiary/aromatic N) is 4. The summed E-state index contributed by atoms with van der Waals surface area (Å²) in [4.78, 5) is 0. The predicted octanol–water partition coefficient (Wildman–Crippen LogP) is 2.76. The second-order valence-electron chi connectivity index (χ2n) is 6.37. The van der Waals surface area contributed by atoms with E-state index in [4.69, 9.17) is 8.94 Å². The lowest BCUT2D eigenvalue weighted by Crippen LogP contribution is -2.29. The van der Waals surface area contributed by atoms with Gasteiger partial charge < -0.3 is 13.5 Å². The average molecular weight is 379 g/mol. The van der Waals surface area contributed by atoms with Crippen molar-refractivity contribution in [2.45, 2.75) is 51.8 Å². The number of hydrogen-bond donors (Lipinski definition) is 1. The Morgan fingerprint density at radius 1 is 1.19 bits per heavy atom. The van der Waals surface area contributed by atoms with Gasteiger partial charge in [-0.25, -0.2) is 8.42 Å². The van der Waals surface area contributed by atoms with Crippen LogP contribution >= 0.6 is 0 Å². The molecular formula is C16H21N5O4S. The van der Waals surface area contributed by atoms with Crippen molar-refractivity contribution in [3.05, 3.63) is 35.5 Å². The van der Waals surface area contributed by atoms with Gasteiger partial charge in [-0.3, -0.25) is 0 Å². The highest BCUT2D eigenvalue weighted by Crippen LogP contribution is 2.29. The zero-order valence-corrected chi connectivity index (χ0v) is 16.0. The monoisotopic (exact) mass is 379 g/mol. The topological polar surface area (TPSA) is 116 Å². The molecule has 0 aromatic carbocycles. The highest BCUT2D eigenvalue weighted by Gasteiger charge is 2.26. The van der Waals surface area contributed by atoms with Crippen molar-refractivity contribution >= 4 is 10.0 Å². The first-order valence-corrected chi connectivity index (χ1v) is 9.64. The molecule has 0 bridgehead atoms. The van der Waals surface area contributed by atoms with Gasteiger partial charge in [0.05, 0.1) is 11.7 Å². The molecule has 3 heterocycles. The number of rotatable bonds is 6. The molecule has 0 spiro atoms. The van der Waals surface area contributed by atoms with Crippen LogP contribution in [0.3, 0.4) is 0 Å². The molecule has 0 fully saturated rings. The van der Waals surface area contributed by atoms with Crippen LogP contribution in [0.25, 0.3) is 11.5 Å². The van der Waals surface area contributed by atoms with Gasteiger partial charge in [-0.1, -0.05) is 5.16 Å². The average Bonchev–Trinajstić information content (AvgIpc) is 3.28. The second kappa shape index (κ2) is 6.69. The Labute approximate surface area is 151 Å². The summed E-state index contributed by atoms with van der Waals surface area (Å²) in [5, 5.41) is 11.5. The first-order chi connectivity index (χ1) is 12.2. The Morgan fingerprint density at radius 2 is 1.92 bits per heavy atom. The molecule has 26 heavy (non-hydrogen) atoms. The lowest BCUT2D eigenvalue weighted by Gasteiger charge is -2.16. The molecule has 3 aromatic rings. The summed E-state index contributed by atoms with van der Waals surface area (Å²) in [5.74, 6) is 1.25. The Bertz CT molecular complexity index is 1020. The number of nitrogens with one attached hydrogen (secondary N) is 1. The highest BCUT2D eigenvalue weighted by atomic mass is 32.2. The Balaban J connectivity index is 1.85. The van der Waals surface area contributed by atoms with Gasteiger partial charge in [0.1, 0.15) is 6.33 Å². The van der Waals surface area contributed by atoms with Crippen LogP contribution in [-0.2, 0) is 10.0 Å². The van der Waals surface area contributed by atoms with Crippen molar-refractivity contribution in [2.24, 2.45) is 0 Å². The third-order valence-corrected chi connectivity index (χ3v) is 5.52. The number of furan rings is 1. The van der Waals surface area contributed by atoms with Gasteiger partial charge >= 0.3 is 0 Å². The van der Waals surface area contributed by atoms with E-state index in [1.807, 2.05) is 20.8 Å². The van der Waals surface area contributed by atoms with Gasteiger partial charge in [0.15, 0.2) is 11.6 Å². The van der Waals surface area contributed by atoms with Crippen LogP contribution < -0.4 is 4.72 Å². The molecule has 0 saturated heterocycles. The van der Waals surface area contributed by atoms with Crippen LogP contribution in [0.2, 0.25) is 0 Å². The number of aryl methyl sites for hydroxylation is 1. The zero-order valence-electron chi connectivity index (χ0n) is 15.2. The highest BCUT2D eigenvalue weighted by molar-refractivity contribution is 7.89. The van der Waals surface area contributed by atoms with Gasteiger partial charge in [0, 0.05) is 11.6 Å². The molecule has 140 valence electrons. The Morgan fingerprint density at radius 3 is 2.54 bits per heavy atom. The van der Waals surface area contributed by atoms with Gasteiger partial charge in [0.25, 0.3) is 10.0 Å². The van der Waals surface area contributed by atoms with Crippen molar-refractivity contribution in [2.75, 3.05) is 0 Å². The molecule has 3 rings (SSSR count). The van der Waals surface area contributed by atoms with Gasteiger partial charge in [0.2, 0.25) is 10.9 Å². The van der Waals surface area contributed by atoms with Crippen molar-refractivity contribution in [1.29, 1.82) is 0 Å². The van der Waals surface area contributed by atoms with Crippen LogP contribution in [-0.4, -0.2) is 28.3 Å². The smallest absolute Gasteiger partial charge is 0.274 e. The molecule has 10 heteroatoms. The molecule has 0 aliphatic carbocycles. The van der Waals surface area contributed by atoms with E-state index in [-0.39, 0.29) is 11.1 Å². The Kier molecular flexibility index (Phi) is 4.72. The van der Waals surface area contributed by atoms with Crippen LogP contribution in [0.5, 0.6) is 0 Å². The summed E-state index contributed by atoms with van der Waals surface area (Å²) in [6.07, 6.45) is 1.57. The fourth-order valence-corrected chi connectivity index (χ4v) is 3.67. The SMILES string of the molecule is Cc1noc(-c2ccc(S(=O)(=O)N[C@H](C)c3nncn3C(C)C)o2)c1C. The molecule has 0 unspecified atom stereocenters. The molecule has 0 radical (unpaired) electrons. The van der Waals surface area contributed by atoms with Crippen LogP contribution in [0.15, 0.2) is 32.5 Å². The molecule has 0 saturated carbocycles. The van der Waals surface area contributed by atoms with Crippen molar-refractivity contribution in [1.82, 2.24) is 24.6 Å². The van der Waals surface area contributed by atoms with E-state index < -0.39 is 16.1 Å². The first kappa shape index (κ1) is 18.3. The maximum Gasteiger partial charge on any atom is 0.274 e. The molecule has 0 amide bonds. The quantitative estimate of drug-likeness (QED) is 0.700. The maximum atomic E-state index is 12.6. The summed E-state index contributed by atoms with van der Waals surface area (Å²) in [5.41, 5.74) is 1.52. The van der Waals surface area contributed by atoms with E-state index in [0.717, 1.165) is 11.3 Å². The summed E-state index contributed by atoms with van der Waals surface area (Å²) >= 11 is 0. The fourth-order valence-electron chi connectivity index (χ4n) is 2.53. The summed E-state index contributed by atoms with van der Waals surface area (Å²) < 4.78 is 40.4. The second-order valence-corrected chi connectivity index (χ2v) is 8.02. The number of aromatic nitrogens is 4.